The summed E-state index contributed by atoms with van der Waals surface area (Å²) in [4.78, 5) is 20.8. The maximum Gasteiger partial charge on any atom is 0.332 e. The quantitative estimate of drug-likeness (QED) is 0.601. The van der Waals surface area contributed by atoms with E-state index < -0.39 is 18.0 Å². The van der Waals surface area contributed by atoms with E-state index in [0.717, 1.165) is 0 Å². The summed E-state index contributed by atoms with van der Waals surface area (Å²) < 4.78 is 5.03. The predicted octanol–water partition coefficient (Wildman–Crippen LogP) is -0.506. The first kappa shape index (κ1) is 8.99. The highest BCUT2D eigenvalue weighted by atomic mass is 16.5. The summed E-state index contributed by atoms with van der Waals surface area (Å²) in [5, 5.41) is 8.52. The zero-order chi connectivity index (χ0) is 9.14. The van der Waals surface area contributed by atoms with Crippen LogP contribution in [0.4, 0.5) is 0 Å². The molecule has 68 valence electrons. The van der Waals surface area contributed by atoms with Crippen molar-refractivity contribution in [2.24, 2.45) is 5.73 Å². The molecule has 0 aromatic carbocycles. The fourth-order valence-electron chi connectivity index (χ4n) is 1.26. The molecule has 0 spiro atoms. The maximum absolute atomic E-state index is 10.4. The van der Waals surface area contributed by atoms with E-state index in [-0.39, 0.29) is 12.5 Å². The number of carbonyl (C=O) groups excluding carboxylic acids is 1. The highest BCUT2D eigenvalue weighted by molar-refractivity contribution is 5.75. The van der Waals surface area contributed by atoms with Crippen LogP contribution >= 0.6 is 0 Å². The van der Waals surface area contributed by atoms with Gasteiger partial charge in [-0.1, -0.05) is 0 Å². The number of amides is 1. The molecule has 0 aromatic heterocycles. The van der Waals surface area contributed by atoms with E-state index in [1.54, 1.807) is 0 Å². The third-order valence-electron chi connectivity index (χ3n) is 1.81. The summed E-state index contributed by atoms with van der Waals surface area (Å²) in [6, 6.07) is 0. The molecule has 1 aliphatic rings. The Labute approximate surface area is 69.5 Å². The Kier molecular flexibility index (Phi) is 2.65. The molecule has 0 radical (unpaired) electrons. The highest BCUT2D eigenvalue weighted by Gasteiger charge is 2.30. The van der Waals surface area contributed by atoms with Crippen LogP contribution in [0.25, 0.3) is 0 Å². The van der Waals surface area contributed by atoms with Crippen LogP contribution in [0.5, 0.6) is 0 Å². The van der Waals surface area contributed by atoms with Crippen molar-refractivity contribution in [2.45, 2.75) is 31.5 Å². The number of nitrogens with two attached hydrogens (primary N) is 1. The largest absolute Gasteiger partial charge is 0.479 e. The second kappa shape index (κ2) is 3.53. The number of hydrogen-bond acceptors (Lipinski definition) is 3. The standard InChI is InChI=1S/C7H11NO4/c8-6(9)3-4-1-2-5(12-4)7(10)11/h4-5H,1-3H2,(H2,8,9)(H,10,11)/t4-,5+/m1/s1. The van der Waals surface area contributed by atoms with Gasteiger partial charge in [-0.2, -0.15) is 0 Å². The number of primary amides is 1. The second-order valence-corrected chi connectivity index (χ2v) is 2.83. The summed E-state index contributed by atoms with van der Waals surface area (Å²) in [7, 11) is 0. The molecule has 5 heteroatoms. The van der Waals surface area contributed by atoms with Gasteiger partial charge in [0.1, 0.15) is 0 Å². The molecule has 5 nitrogen and oxygen atoms in total. The summed E-state index contributed by atoms with van der Waals surface area (Å²) in [5.74, 6) is -1.42. The van der Waals surface area contributed by atoms with Crippen molar-refractivity contribution in [1.29, 1.82) is 0 Å². The Balaban J connectivity index is 2.35. The van der Waals surface area contributed by atoms with Gasteiger partial charge in [0.15, 0.2) is 6.10 Å². The monoisotopic (exact) mass is 173 g/mol. The molecular formula is C7H11NO4. The lowest BCUT2D eigenvalue weighted by Crippen LogP contribution is -2.23. The number of carbonyl (C=O) groups is 2. The van der Waals surface area contributed by atoms with Gasteiger partial charge in [-0.05, 0) is 12.8 Å². The molecule has 1 fully saturated rings. The predicted molar refractivity (Wildman–Crippen MR) is 39.3 cm³/mol. The van der Waals surface area contributed by atoms with E-state index in [1.165, 1.54) is 0 Å². The Morgan fingerprint density at radius 2 is 2.17 bits per heavy atom. The first-order valence-electron chi connectivity index (χ1n) is 3.76. The van der Waals surface area contributed by atoms with Gasteiger partial charge in [0.05, 0.1) is 12.5 Å². The summed E-state index contributed by atoms with van der Waals surface area (Å²) in [5.41, 5.74) is 4.93. The average molecular weight is 173 g/mol. The first-order valence-corrected chi connectivity index (χ1v) is 3.76. The van der Waals surface area contributed by atoms with Gasteiger partial charge in [0.2, 0.25) is 5.91 Å². The molecule has 2 atom stereocenters. The van der Waals surface area contributed by atoms with Gasteiger partial charge >= 0.3 is 5.97 Å². The third-order valence-corrected chi connectivity index (χ3v) is 1.81. The third kappa shape index (κ3) is 2.20. The zero-order valence-electron chi connectivity index (χ0n) is 6.53. The maximum atomic E-state index is 10.4. The minimum atomic E-state index is -0.970. The first-order chi connectivity index (χ1) is 5.59. The lowest BCUT2D eigenvalue weighted by Gasteiger charge is -2.07. The van der Waals surface area contributed by atoms with Gasteiger partial charge < -0.3 is 15.6 Å². The Bertz CT molecular complexity index is 204. The van der Waals surface area contributed by atoms with E-state index in [9.17, 15) is 9.59 Å². The number of carboxylic acid groups (broad SMARTS) is 1. The van der Waals surface area contributed by atoms with E-state index in [0.29, 0.717) is 12.8 Å². The number of carboxylic acids is 1. The van der Waals surface area contributed by atoms with Crippen molar-refractivity contribution in [1.82, 2.24) is 0 Å². The molecule has 1 heterocycles. The van der Waals surface area contributed by atoms with Gasteiger partial charge in [-0.25, -0.2) is 4.79 Å². The molecule has 3 N–H and O–H groups in total. The summed E-state index contributed by atoms with van der Waals surface area (Å²) in [6.45, 7) is 0. The second-order valence-electron chi connectivity index (χ2n) is 2.83. The molecule has 0 unspecified atom stereocenters. The van der Waals surface area contributed by atoms with Crippen molar-refractivity contribution in [2.75, 3.05) is 0 Å². The Morgan fingerprint density at radius 1 is 1.50 bits per heavy atom. The van der Waals surface area contributed by atoms with E-state index in [2.05, 4.69) is 0 Å². The van der Waals surface area contributed by atoms with Gasteiger partial charge in [0.25, 0.3) is 0 Å². The smallest absolute Gasteiger partial charge is 0.332 e. The number of ether oxygens (including phenoxy) is 1. The molecule has 12 heavy (non-hydrogen) atoms. The fraction of sp³-hybridized carbons (Fsp3) is 0.714. The van der Waals surface area contributed by atoms with E-state index in [4.69, 9.17) is 15.6 Å². The summed E-state index contributed by atoms with van der Waals surface area (Å²) >= 11 is 0. The number of hydrogen-bond donors (Lipinski definition) is 2. The molecule has 1 aliphatic heterocycles. The molecule has 0 saturated carbocycles. The fourth-order valence-corrected chi connectivity index (χ4v) is 1.26. The van der Waals surface area contributed by atoms with Crippen LogP contribution in [-0.2, 0) is 14.3 Å². The number of aliphatic carboxylic acids is 1. The van der Waals surface area contributed by atoms with Gasteiger partial charge in [-0.15, -0.1) is 0 Å². The molecule has 1 rings (SSSR count). The molecule has 0 aliphatic carbocycles. The van der Waals surface area contributed by atoms with Crippen molar-refractivity contribution in [3.05, 3.63) is 0 Å². The normalized spacial score (nSPS) is 28.7. The van der Waals surface area contributed by atoms with Crippen LogP contribution in [0.1, 0.15) is 19.3 Å². The van der Waals surface area contributed by atoms with E-state index in [1.807, 2.05) is 0 Å². The average Bonchev–Trinajstić information content (AvgIpc) is 2.34. The lowest BCUT2D eigenvalue weighted by atomic mass is 10.1. The Hall–Kier alpha value is -1.10. The van der Waals surface area contributed by atoms with Crippen molar-refractivity contribution in [3.8, 4) is 0 Å². The van der Waals surface area contributed by atoms with E-state index >= 15 is 0 Å². The zero-order valence-corrected chi connectivity index (χ0v) is 6.53. The van der Waals surface area contributed by atoms with Gasteiger partial charge in [0, 0.05) is 0 Å². The minimum Gasteiger partial charge on any atom is -0.479 e. The molecular weight excluding hydrogens is 162 g/mol. The molecule has 1 amide bonds. The van der Waals surface area contributed by atoms with Crippen LogP contribution in [0.3, 0.4) is 0 Å². The molecule has 0 bridgehead atoms. The SMILES string of the molecule is NC(=O)C[C@H]1CC[C@@H](C(=O)O)O1. The van der Waals surface area contributed by atoms with Crippen molar-refractivity contribution < 1.29 is 19.4 Å². The Morgan fingerprint density at radius 3 is 2.58 bits per heavy atom. The minimum absolute atomic E-state index is 0.115. The summed E-state index contributed by atoms with van der Waals surface area (Å²) in [6.07, 6.45) is 0.120. The van der Waals surface area contributed by atoms with Crippen molar-refractivity contribution >= 4 is 11.9 Å². The van der Waals surface area contributed by atoms with Crippen LogP contribution < -0.4 is 5.73 Å². The van der Waals surface area contributed by atoms with Crippen LogP contribution in [-0.4, -0.2) is 29.2 Å². The van der Waals surface area contributed by atoms with Gasteiger partial charge in [-0.3, -0.25) is 4.79 Å². The van der Waals surface area contributed by atoms with Crippen LogP contribution in [0.2, 0.25) is 0 Å². The lowest BCUT2D eigenvalue weighted by molar-refractivity contribution is -0.150. The van der Waals surface area contributed by atoms with Crippen molar-refractivity contribution in [3.63, 3.8) is 0 Å². The molecule has 0 aromatic rings. The van der Waals surface area contributed by atoms with Crippen LogP contribution in [0.15, 0.2) is 0 Å². The highest BCUT2D eigenvalue weighted by Crippen LogP contribution is 2.21. The van der Waals surface area contributed by atoms with Crippen LogP contribution in [0, 0.1) is 0 Å². The topological polar surface area (TPSA) is 89.6 Å². The number of rotatable bonds is 3. The molecule has 1 saturated heterocycles.